The summed E-state index contributed by atoms with van der Waals surface area (Å²) >= 11 is 0. The lowest BCUT2D eigenvalue weighted by Gasteiger charge is -2.06. The van der Waals surface area contributed by atoms with Crippen LogP contribution in [0.2, 0.25) is 0 Å². The van der Waals surface area contributed by atoms with Gasteiger partial charge in [-0.1, -0.05) is 18.2 Å². The van der Waals surface area contributed by atoms with Gasteiger partial charge in [-0.15, -0.1) is 10.2 Å². The molecule has 0 radical (unpaired) electrons. The third kappa shape index (κ3) is 2.53. The Kier molecular flexibility index (Phi) is 3.24. The Morgan fingerprint density at radius 1 is 0.826 bits per heavy atom. The van der Waals surface area contributed by atoms with Gasteiger partial charge in [-0.3, -0.25) is 0 Å². The molecule has 0 aliphatic carbocycles. The van der Waals surface area contributed by atoms with Crippen LogP contribution in [0.4, 0.5) is 0 Å². The van der Waals surface area contributed by atoms with E-state index >= 15 is 0 Å². The molecule has 0 saturated carbocycles. The van der Waals surface area contributed by atoms with Gasteiger partial charge >= 0.3 is 0 Å². The molecule has 4 aromatic rings. The summed E-state index contributed by atoms with van der Waals surface area (Å²) in [7, 11) is 0. The van der Waals surface area contributed by atoms with Crippen LogP contribution in [-0.4, -0.2) is 19.8 Å². The van der Waals surface area contributed by atoms with Crippen molar-refractivity contribution in [1.82, 2.24) is 19.8 Å². The van der Waals surface area contributed by atoms with Crippen molar-refractivity contribution in [3.8, 4) is 22.9 Å². The van der Waals surface area contributed by atoms with Gasteiger partial charge in [0.1, 0.15) is 11.5 Å². The zero-order chi connectivity index (χ0) is 15.6. The average molecular weight is 302 g/mol. The van der Waals surface area contributed by atoms with Crippen molar-refractivity contribution in [2.75, 3.05) is 0 Å². The zero-order valence-electron chi connectivity index (χ0n) is 12.5. The fraction of sp³-hybridized carbons (Fsp3) is 0.0556. The van der Waals surface area contributed by atoms with Gasteiger partial charge in [-0.25, -0.2) is 0 Å². The van der Waals surface area contributed by atoms with Gasteiger partial charge in [0, 0.05) is 11.8 Å². The summed E-state index contributed by atoms with van der Waals surface area (Å²) in [6, 6.07) is 19.4. The molecule has 4 rings (SSSR count). The quantitative estimate of drug-likeness (QED) is 0.576. The van der Waals surface area contributed by atoms with Crippen molar-refractivity contribution in [3.63, 3.8) is 0 Å². The minimum atomic E-state index is 0.718. The molecule has 0 unspecified atom stereocenters. The molecule has 0 atom stereocenters. The first kappa shape index (κ1) is 13.5. The van der Waals surface area contributed by atoms with E-state index in [1.165, 1.54) is 0 Å². The Labute approximate surface area is 133 Å². The van der Waals surface area contributed by atoms with Crippen LogP contribution < -0.4 is 4.74 Å². The number of aromatic nitrogens is 4. The van der Waals surface area contributed by atoms with E-state index in [-0.39, 0.29) is 0 Å². The summed E-state index contributed by atoms with van der Waals surface area (Å²) in [5.74, 6) is 2.30. The molecule has 2 heterocycles. The maximum absolute atomic E-state index is 5.80. The fourth-order valence-corrected chi connectivity index (χ4v) is 2.40. The monoisotopic (exact) mass is 302 g/mol. The Balaban J connectivity index is 1.66. The third-order valence-corrected chi connectivity index (χ3v) is 3.59. The van der Waals surface area contributed by atoms with Gasteiger partial charge in [0.05, 0.1) is 0 Å². The molecule has 2 aromatic heterocycles. The van der Waals surface area contributed by atoms with Crippen molar-refractivity contribution >= 4 is 5.65 Å². The molecular formula is C18H14N4O. The highest BCUT2D eigenvalue weighted by atomic mass is 16.5. The number of rotatable bonds is 3. The maximum Gasteiger partial charge on any atom is 0.185 e. The molecule has 0 spiro atoms. The summed E-state index contributed by atoms with van der Waals surface area (Å²) < 4.78 is 7.55. The minimum absolute atomic E-state index is 0.718. The number of para-hydroxylation sites is 1. The van der Waals surface area contributed by atoms with E-state index in [1.807, 2.05) is 67.6 Å². The summed E-state index contributed by atoms with van der Waals surface area (Å²) in [6.45, 7) is 1.99. The van der Waals surface area contributed by atoms with E-state index in [0.29, 0.717) is 0 Å². The van der Waals surface area contributed by atoms with Crippen LogP contribution in [0.15, 0.2) is 66.9 Å². The lowest BCUT2D eigenvalue weighted by atomic mass is 10.2. The smallest absolute Gasteiger partial charge is 0.185 e. The first-order chi connectivity index (χ1) is 11.3. The van der Waals surface area contributed by atoms with Gasteiger partial charge in [0.2, 0.25) is 0 Å². The van der Waals surface area contributed by atoms with Crippen molar-refractivity contribution < 1.29 is 4.74 Å². The second-order valence-electron chi connectivity index (χ2n) is 5.21. The van der Waals surface area contributed by atoms with Gasteiger partial charge in [-0.05, 0) is 55.0 Å². The summed E-state index contributed by atoms with van der Waals surface area (Å²) in [6.07, 6.45) is 1.75. The molecular weight excluding hydrogens is 288 g/mol. The number of benzene rings is 2. The standard InChI is InChI=1S/C18H14N4O/c1-13-11-12-19-22-17(13)20-21-18(22)14-7-9-16(10-8-14)23-15-5-3-2-4-6-15/h2-12H,1H3. The molecule has 5 nitrogen and oxygen atoms in total. The van der Waals surface area contributed by atoms with E-state index in [1.54, 1.807) is 10.7 Å². The first-order valence-electron chi connectivity index (χ1n) is 7.31. The van der Waals surface area contributed by atoms with Crippen molar-refractivity contribution in [2.45, 2.75) is 6.92 Å². The second-order valence-corrected chi connectivity index (χ2v) is 5.21. The molecule has 0 bridgehead atoms. The predicted molar refractivity (Wildman–Crippen MR) is 87.5 cm³/mol. The van der Waals surface area contributed by atoms with Crippen LogP contribution in [0, 0.1) is 6.92 Å². The Bertz CT molecular complexity index is 946. The molecule has 23 heavy (non-hydrogen) atoms. The molecule has 112 valence electrons. The van der Waals surface area contributed by atoms with Crippen molar-refractivity contribution in [2.24, 2.45) is 0 Å². The van der Waals surface area contributed by atoms with E-state index in [9.17, 15) is 0 Å². The minimum Gasteiger partial charge on any atom is -0.457 e. The summed E-state index contributed by atoms with van der Waals surface area (Å²) in [5, 5.41) is 12.8. The lowest BCUT2D eigenvalue weighted by Crippen LogP contribution is -1.95. The molecule has 0 aliphatic rings. The number of ether oxygens (including phenoxy) is 1. The van der Waals surface area contributed by atoms with E-state index in [4.69, 9.17) is 4.74 Å². The van der Waals surface area contributed by atoms with Crippen LogP contribution in [-0.2, 0) is 0 Å². The third-order valence-electron chi connectivity index (χ3n) is 3.59. The molecule has 0 amide bonds. The fourth-order valence-electron chi connectivity index (χ4n) is 2.40. The molecule has 0 fully saturated rings. The Hall–Kier alpha value is -3.21. The molecule has 0 aliphatic heterocycles. The SMILES string of the molecule is Cc1ccnn2c(-c3ccc(Oc4ccccc4)cc3)nnc12. The number of hydrogen-bond acceptors (Lipinski definition) is 4. The van der Waals surface area contributed by atoms with E-state index < -0.39 is 0 Å². The van der Waals surface area contributed by atoms with Crippen LogP contribution in [0.25, 0.3) is 17.0 Å². The van der Waals surface area contributed by atoms with Gasteiger partial charge in [-0.2, -0.15) is 9.61 Å². The maximum atomic E-state index is 5.80. The first-order valence-corrected chi connectivity index (χ1v) is 7.31. The topological polar surface area (TPSA) is 52.3 Å². The van der Waals surface area contributed by atoms with E-state index in [2.05, 4.69) is 15.3 Å². The average Bonchev–Trinajstić information content (AvgIpc) is 3.02. The normalized spacial score (nSPS) is 10.8. The number of hydrogen-bond donors (Lipinski definition) is 0. The van der Waals surface area contributed by atoms with Gasteiger partial charge in [0.25, 0.3) is 0 Å². The predicted octanol–water partition coefficient (Wildman–Crippen LogP) is 3.89. The molecule has 0 saturated heterocycles. The molecule has 0 N–H and O–H groups in total. The van der Waals surface area contributed by atoms with E-state index in [0.717, 1.165) is 34.1 Å². The van der Waals surface area contributed by atoms with Crippen molar-refractivity contribution in [1.29, 1.82) is 0 Å². The van der Waals surface area contributed by atoms with Crippen LogP contribution in [0.1, 0.15) is 5.56 Å². The highest BCUT2D eigenvalue weighted by Gasteiger charge is 2.10. The van der Waals surface area contributed by atoms with Crippen LogP contribution in [0.3, 0.4) is 0 Å². The summed E-state index contributed by atoms with van der Waals surface area (Å²) in [5.41, 5.74) is 2.76. The Morgan fingerprint density at radius 3 is 2.35 bits per heavy atom. The zero-order valence-corrected chi connectivity index (χ0v) is 12.5. The number of aryl methyl sites for hydroxylation is 1. The highest BCUT2D eigenvalue weighted by Crippen LogP contribution is 2.25. The Morgan fingerprint density at radius 2 is 1.57 bits per heavy atom. The lowest BCUT2D eigenvalue weighted by molar-refractivity contribution is 0.483. The van der Waals surface area contributed by atoms with Gasteiger partial charge in [0.15, 0.2) is 11.5 Å². The van der Waals surface area contributed by atoms with Gasteiger partial charge < -0.3 is 4.74 Å². The molecule has 2 aromatic carbocycles. The summed E-state index contributed by atoms with van der Waals surface area (Å²) in [4.78, 5) is 0. The highest BCUT2D eigenvalue weighted by molar-refractivity contribution is 5.61. The largest absolute Gasteiger partial charge is 0.457 e. The number of fused-ring (bicyclic) bond motifs is 1. The van der Waals surface area contributed by atoms with Crippen molar-refractivity contribution in [3.05, 3.63) is 72.4 Å². The number of nitrogens with zero attached hydrogens (tertiary/aromatic N) is 4. The second kappa shape index (κ2) is 5.53. The molecule has 5 heteroatoms. The van der Waals surface area contributed by atoms with Crippen LogP contribution >= 0.6 is 0 Å². The van der Waals surface area contributed by atoms with Crippen LogP contribution in [0.5, 0.6) is 11.5 Å².